The van der Waals surface area contributed by atoms with Gasteiger partial charge >= 0.3 is 23.9 Å². The molecule has 0 aromatic heterocycles. The minimum atomic E-state index is -2.76. The van der Waals surface area contributed by atoms with E-state index in [1.165, 1.54) is 0 Å². The number of aliphatic carboxylic acids is 4. The second-order valence-electron chi connectivity index (χ2n) is 10.9. The van der Waals surface area contributed by atoms with Crippen molar-refractivity contribution in [3.05, 3.63) is 0 Å². The molecule has 4 N–H and O–H groups in total. The monoisotopic (exact) mass is 600 g/mol. The molecule has 0 aromatic carbocycles. The molecular weight excluding hydrogens is 548 g/mol. The lowest BCUT2D eigenvalue weighted by molar-refractivity contribution is -0.165. The Morgan fingerprint density at radius 2 is 0.857 bits per heavy atom. The first-order chi connectivity index (χ1) is 19.9. The largest absolute Gasteiger partial charge is 0.480 e. The molecule has 0 radical (unpaired) electrons. The van der Waals surface area contributed by atoms with Crippen molar-refractivity contribution in [3.63, 3.8) is 0 Å². The molecule has 0 saturated carbocycles. The van der Waals surface area contributed by atoms with Crippen molar-refractivity contribution in [1.29, 1.82) is 0 Å². The van der Waals surface area contributed by atoms with E-state index in [-0.39, 0.29) is 19.4 Å². The van der Waals surface area contributed by atoms with Crippen LogP contribution in [0, 0.1) is 0 Å². The van der Waals surface area contributed by atoms with E-state index >= 15 is 0 Å². The van der Waals surface area contributed by atoms with Crippen LogP contribution in [0.15, 0.2) is 0 Å². The molecule has 242 valence electrons. The Labute approximate surface area is 249 Å². The van der Waals surface area contributed by atoms with E-state index in [1.54, 1.807) is 0 Å². The molecule has 42 heavy (non-hydrogen) atoms. The maximum absolute atomic E-state index is 13.7. The fourth-order valence-electron chi connectivity index (χ4n) is 5.12. The topological polar surface area (TPSA) is 190 Å². The van der Waals surface area contributed by atoms with Gasteiger partial charge in [-0.3, -0.25) is 33.8 Å². The zero-order valence-electron chi connectivity index (χ0n) is 25.5. The van der Waals surface area contributed by atoms with Gasteiger partial charge in [0, 0.05) is 25.9 Å². The third-order valence-electron chi connectivity index (χ3n) is 7.34. The van der Waals surface area contributed by atoms with Crippen LogP contribution in [0.2, 0.25) is 0 Å². The van der Waals surface area contributed by atoms with Crippen LogP contribution in [0.4, 0.5) is 0 Å². The van der Waals surface area contributed by atoms with Crippen molar-refractivity contribution in [1.82, 2.24) is 9.80 Å². The Morgan fingerprint density at radius 1 is 0.500 bits per heavy atom. The minimum absolute atomic E-state index is 0.229. The first-order valence-corrected chi connectivity index (χ1v) is 15.4. The Bertz CT molecular complexity index is 815. The summed E-state index contributed by atoms with van der Waals surface area (Å²) >= 11 is 0. The highest BCUT2D eigenvalue weighted by Crippen LogP contribution is 2.26. The number of carbonyl (C=O) groups excluding carboxylic acids is 2. The lowest BCUT2D eigenvalue weighted by Crippen LogP contribution is -2.67. The molecule has 0 aromatic rings. The molecule has 0 heterocycles. The molecule has 0 rings (SSSR count). The Hall–Kier alpha value is -2.86. The smallest absolute Gasteiger partial charge is 0.339 e. The van der Waals surface area contributed by atoms with Gasteiger partial charge in [0.2, 0.25) is 5.54 Å². The lowest BCUT2D eigenvalue weighted by Gasteiger charge is -2.38. The number of carbonyl (C=O) groups is 6. The van der Waals surface area contributed by atoms with Gasteiger partial charge in [0.25, 0.3) is 0 Å². The van der Waals surface area contributed by atoms with E-state index in [4.69, 9.17) is 10.2 Å². The number of Topliss-reactive ketones (excluding diaryl/α,β-unsaturated/α-hetero) is 2. The van der Waals surface area contributed by atoms with Crippen LogP contribution < -0.4 is 0 Å². The number of hydrogen-bond donors (Lipinski definition) is 4. The molecule has 0 spiro atoms. The number of nitrogens with zero attached hydrogens (tertiary/aromatic N) is 2. The molecule has 0 amide bonds. The number of hydrogen-bond acceptors (Lipinski definition) is 8. The van der Waals surface area contributed by atoms with Gasteiger partial charge in [0.05, 0.1) is 19.6 Å². The first kappa shape index (κ1) is 39.1. The molecule has 0 aliphatic heterocycles. The highest BCUT2D eigenvalue weighted by atomic mass is 16.4. The first-order valence-electron chi connectivity index (χ1n) is 15.4. The standard InChI is InChI=1S/C30H52N2O10/c1-3-5-7-9-11-13-15-17-24(33)30(29(41)42,25(34)18-16-14-12-10-8-6-4-2)32(23-28(39)40)20-19-31(21-26(35)36)22-27(37)38/h3-23H2,1-2H3,(H,35,36)(H,37,38)(H,39,40)(H,41,42). The van der Waals surface area contributed by atoms with Gasteiger partial charge in [0.15, 0.2) is 11.6 Å². The van der Waals surface area contributed by atoms with Gasteiger partial charge in [-0.2, -0.15) is 0 Å². The van der Waals surface area contributed by atoms with Crippen LogP contribution in [-0.4, -0.2) is 104 Å². The molecule has 0 aliphatic rings. The molecule has 0 aliphatic carbocycles. The fraction of sp³-hybridized carbons (Fsp3) is 0.800. The minimum Gasteiger partial charge on any atom is -0.480 e. The predicted molar refractivity (Wildman–Crippen MR) is 157 cm³/mol. The summed E-state index contributed by atoms with van der Waals surface area (Å²) in [6.45, 7) is 0.932. The zero-order valence-corrected chi connectivity index (χ0v) is 25.5. The summed E-state index contributed by atoms with van der Waals surface area (Å²) in [5.41, 5.74) is -2.76. The lowest BCUT2D eigenvalue weighted by atomic mass is 9.81. The van der Waals surface area contributed by atoms with Gasteiger partial charge in [-0.15, -0.1) is 0 Å². The van der Waals surface area contributed by atoms with Crippen molar-refractivity contribution >= 4 is 35.4 Å². The highest BCUT2D eigenvalue weighted by molar-refractivity contribution is 6.27. The summed E-state index contributed by atoms with van der Waals surface area (Å²) in [4.78, 5) is 76.3. The van der Waals surface area contributed by atoms with Crippen molar-refractivity contribution in [2.24, 2.45) is 0 Å². The second-order valence-corrected chi connectivity index (χ2v) is 10.9. The van der Waals surface area contributed by atoms with Gasteiger partial charge in [0.1, 0.15) is 0 Å². The predicted octanol–water partition coefficient (Wildman–Crippen LogP) is 4.09. The Morgan fingerprint density at radius 3 is 1.19 bits per heavy atom. The quantitative estimate of drug-likeness (QED) is 0.0712. The third-order valence-corrected chi connectivity index (χ3v) is 7.34. The van der Waals surface area contributed by atoms with E-state index < -0.39 is 67.2 Å². The van der Waals surface area contributed by atoms with Crippen LogP contribution >= 0.6 is 0 Å². The molecule has 12 nitrogen and oxygen atoms in total. The van der Waals surface area contributed by atoms with Gasteiger partial charge in [-0.25, -0.2) is 4.79 Å². The van der Waals surface area contributed by atoms with Gasteiger partial charge < -0.3 is 20.4 Å². The van der Waals surface area contributed by atoms with Crippen LogP contribution in [0.1, 0.15) is 117 Å². The van der Waals surface area contributed by atoms with Crippen LogP contribution in [0.3, 0.4) is 0 Å². The SMILES string of the molecule is CCCCCCCCCC(=O)C(C(=O)O)(C(=O)CCCCCCCCC)N(CCN(CC(=O)O)CC(=O)O)CC(=O)O. The van der Waals surface area contributed by atoms with Crippen LogP contribution in [0.5, 0.6) is 0 Å². The normalized spacial score (nSPS) is 11.6. The molecule has 0 fully saturated rings. The van der Waals surface area contributed by atoms with Crippen molar-refractivity contribution in [3.8, 4) is 0 Å². The van der Waals surface area contributed by atoms with Gasteiger partial charge in [-0.05, 0) is 12.8 Å². The van der Waals surface area contributed by atoms with E-state index in [1.807, 2.05) is 0 Å². The Kier molecular flexibility index (Phi) is 21.2. The summed E-state index contributed by atoms with van der Waals surface area (Å²) < 4.78 is 0. The second kappa shape index (κ2) is 22.7. The molecule has 0 atom stereocenters. The average molecular weight is 601 g/mol. The van der Waals surface area contributed by atoms with E-state index in [0.717, 1.165) is 74.0 Å². The third kappa shape index (κ3) is 15.4. The van der Waals surface area contributed by atoms with E-state index in [2.05, 4.69) is 13.8 Å². The molecule has 12 heteroatoms. The summed E-state index contributed by atoms with van der Waals surface area (Å²) in [6.07, 6.45) is 11.6. The molecule has 0 unspecified atom stereocenters. The molecular formula is C30H52N2O10. The zero-order chi connectivity index (χ0) is 32.0. The van der Waals surface area contributed by atoms with E-state index in [9.17, 15) is 39.0 Å². The average Bonchev–Trinajstić information content (AvgIpc) is 2.89. The van der Waals surface area contributed by atoms with E-state index in [0.29, 0.717) is 25.7 Å². The van der Waals surface area contributed by atoms with Crippen molar-refractivity contribution < 1.29 is 49.2 Å². The highest BCUT2D eigenvalue weighted by Gasteiger charge is 2.56. The number of ketones is 2. The molecule has 0 saturated heterocycles. The van der Waals surface area contributed by atoms with Crippen LogP contribution in [0.25, 0.3) is 0 Å². The number of rotatable bonds is 29. The summed E-state index contributed by atoms with van der Waals surface area (Å²) in [5, 5.41) is 38.4. The summed E-state index contributed by atoms with van der Waals surface area (Å²) in [6, 6.07) is 0. The van der Waals surface area contributed by atoms with Crippen molar-refractivity contribution in [2.45, 2.75) is 122 Å². The summed E-state index contributed by atoms with van der Waals surface area (Å²) in [7, 11) is 0. The van der Waals surface area contributed by atoms with Crippen molar-refractivity contribution in [2.75, 3.05) is 32.7 Å². The number of carboxylic acid groups (broad SMARTS) is 4. The maximum Gasteiger partial charge on any atom is 0.339 e. The maximum atomic E-state index is 13.7. The van der Waals surface area contributed by atoms with Crippen LogP contribution in [-0.2, 0) is 28.8 Å². The molecule has 0 bridgehead atoms. The Balaban J connectivity index is 6.05. The fourth-order valence-corrected chi connectivity index (χ4v) is 5.12. The number of carboxylic acids is 4. The number of unbranched alkanes of at least 4 members (excludes halogenated alkanes) is 12. The summed E-state index contributed by atoms with van der Waals surface area (Å²) in [5.74, 6) is -7.73. The van der Waals surface area contributed by atoms with Gasteiger partial charge in [-0.1, -0.05) is 90.9 Å².